The zero-order chi connectivity index (χ0) is 39.0. The molecule has 0 N–H and O–H groups in total. The average molecular weight is 737 g/mol. The summed E-state index contributed by atoms with van der Waals surface area (Å²) in [5.74, 6) is 0.0573. The van der Waals surface area contributed by atoms with Crippen LogP contribution < -0.4 is 4.90 Å². The van der Waals surface area contributed by atoms with Crippen LogP contribution in [-0.2, 0) is 13.6 Å². The summed E-state index contributed by atoms with van der Waals surface area (Å²) in [6, 6.07) is 14.6. The van der Waals surface area contributed by atoms with Crippen LogP contribution in [0.4, 0.5) is 5.69 Å². The topological polar surface area (TPSA) is 102 Å². The lowest BCUT2D eigenvalue weighted by molar-refractivity contribution is 0.0954. The maximum Gasteiger partial charge on any atom is 0.192 e. The van der Waals surface area contributed by atoms with E-state index in [0.717, 1.165) is 37.9 Å². The van der Waals surface area contributed by atoms with Crippen molar-refractivity contribution >= 4 is 28.4 Å². The Balaban J connectivity index is 1.75. The molecule has 52 heavy (non-hydrogen) atoms. The van der Waals surface area contributed by atoms with Gasteiger partial charge in [0.2, 0.25) is 0 Å². The van der Waals surface area contributed by atoms with Crippen molar-refractivity contribution in [3.63, 3.8) is 0 Å². The molecule has 7 nitrogen and oxygen atoms in total. The molecule has 1 aromatic carbocycles. The second-order valence-corrected chi connectivity index (χ2v) is 26.9. The molecule has 1 aliphatic carbocycles. The maximum absolute atomic E-state index is 9.81. The van der Waals surface area contributed by atoms with Gasteiger partial charge in [0.1, 0.15) is 29.4 Å². The molecule has 1 aliphatic heterocycles. The predicted molar refractivity (Wildman–Crippen MR) is 219 cm³/mol. The standard InChI is InChI=1S/C43H60N4O3Si2/c1-41(2,3)51(9,10)48-27-25-47(26-28-49-52(11,12)42(4,5)6)37-23-21-33(22-24-37)19-20-35-16-13-15-34(29-35)17-14-18-39-38(32-46)40(36(30-44)31-45)50-43(39,7)8/h14,17-24,29H,13,15-16,25-28H2,1-12H3/b18-14+,20-19+,34-17+. The second kappa shape index (κ2) is 17.3. The summed E-state index contributed by atoms with van der Waals surface area (Å²) in [7, 11) is -3.69. The molecule has 0 fully saturated rings. The Morgan fingerprint density at radius 1 is 0.846 bits per heavy atom. The van der Waals surface area contributed by atoms with E-state index in [1.165, 1.54) is 16.8 Å². The molecule has 0 saturated carbocycles. The van der Waals surface area contributed by atoms with E-state index in [2.05, 4.69) is 127 Å². The minimum absolute atomic E-state index is 0.0573. The molecular weight excluding hydrogens is 677 g/mol. The van der Waals surface area contributed by atoms with Gasteiger partial charge >= 0.3 is 0 Å². The van der Waals surface area contributed by atoms with Gasteiger partial charge in [0.15, 0.2) is 28.0 Å². The molecule has 0 saturated heterocycles. The Labute approximate surface area is 316 Å². The number of hydrogen-bond donors (Lipinski definition) is 0. The van der Waals surface area contributed by atoms with Gasteiger partial charge in [0, 0.05) is 24.4 Å². The number of nitrogens with zero attached hydrogens (tertiary/aromatic N) is 4. The van der Waals surface area contributed by atoms with E-state index in [1.54, 1.807) is 0 Å². The van der Waals surface area contributed by atoms with Crippen molar-refractivity contribution in [2.75, 3.05) is 31.2 Å². The molecule has 9 heteroatoms. The summed E-state index contributed by atoms with van der Waals surface area (Å²) >= 11 is 0. The SMILES string of the molecule is CC1(C)OC(=C(C#N)C#N)C(C#N)=C1/C=C/C=C1C=C(/C=C/c2ccc(N(CCO[Si](C)(C)C(C)(C)C)CCO[Si](C)(C)C(C)(C)C)cc2)CCC/1. The highest BCUT2D eigenvalue weighted by Gasteiger charge is 2.39. The third-order valence-corrected chi connectivity index (χ3v) is 20.0. The third-order valence-electron chi connectivity index (χ3n) is 10.9. The van der Waals surface area contributed by atoms with E-state index < -0.39 is 22.2 Å². The summed E-state index contributed by atoms with van der Waals surface area (Å²) in [4.78, 5) is 2.40. The van der Waals surface area contributed by atoms with Gasteiger partial charge in [-0.05, 0) is 98.2 Å². The zero-order valence-corrected chi connectivity index (χ0v) is 35.7. The Hall–Kier alpha value is -3.92. The number of allylic oxidation sites excluding steroid dienone is 8. The monoisotopic (exact) mass is 736 g/mol. The molecule has 1 heterocycles. The second-order valence-electron chi connectivity index (χ2n) is 17.2. The van der Waals surface area contributed by atoms with Gasteiger partial charge in [-0.3, -0.25) is 0 Å². The molecule has 0 unspecified atom stereocenters. The summed E-state index contributed by atoms with van der Waals surface area (Å²) < 4.78 is 19.0. The first kappa shape index (κ1) is 42.5. The van der Waals surface area contributed by atoms with E-state index in [-0.39, 0.29) is 27.0 Å². The fourth-order valence-corrected chi connectivity index (χ4v) is 7.59. The van der Waals surface area contributed by atoms with Gasteiger partial charge in [-0.25, -0.2) is 0 Å². The maximum atomic E-state index is 9.81. The summed E-state index contributed by atoms with van der Waals surface area (Å²) in [6.07, 6.45) is 15.5. The molecule has 0 aromatic heterocycles. The molecule has 0 bridgehead atoms. The van der Waals surface area contributed by atoms with E-state index in [0.29, 0.717) is 18.8 Å². The summed E-state index contributed by atoms with van der Waals surface area (Å²) in [5.41, 5.74) is 4.65. The van der Waals surface area contributed by atoms with Crippen molar-refractivity contribution in [3.05, 3.63) is 93.8 Å². The number of rotatable bonds is 13. The molecule has 1 aromatic rings. The fraction of sp³-hybridized carbons (Fsp3) is 0.512. The van der Waals surface area contributed by atoms with Crippen LogP contribution in [0.3, 0.4) is 0 Å². The summed E-state index contributed by atoms with van der Waals surface area (Å²) in [6.45, 7) is 29.6. The molecule has 0 amide bonds. The van der Waals surface area contributed by atoms with Crippen molar-refractivity contribution < 1.29 is 13.6 Å². The minimum atomic E-state index is -1.85. The first-order valence-electron chi connectivity index (χ1n) is 18.4. The van der Waals surface area contributed by atoms with Crippen LogP contribution in [0, 0.1) is 34.0 Å². The van der Waals surface area contributed by atoms with E-state index in [4.69, 9.17) is 13.6 Å². The fourth-order valence-electron chi connectivity index (χ4n) is 5.52. The molecule has 0 radical (unpaired) electrons. The van der Waals surface area contributed by atoms with E-state index in [9.17, 15) is 15.8 Å². The lowest BCUT2D eigenvalue weighted by Gasteiger charge is -2.38. The smallest absolute Gasteiger partial charge is 0.192 e. The molecular formula is C43H60N4O3Si2. The predicted octanol–water partition coefficient (Wildman–Crippen LogP) is 11.1. The van der Waals surface area contributed by atoms with Crippen molar-refractivity contribution in [2.24, 2.45) is 0 Å². The van der Waals surface area contributed by atoms with Gasteiger partial charge in [0.25, 0.3) is 0 Å². The van der Waals surface area contributed by atoms with Crippen molar-refractivity contribution in [1.82, 2.24) is 0 Å². The molecule has 3 rings (SSSR count). The first-order chi connectivity index (χ1) is 24.2. The van der Waals surface area contributed by atoms with Crippen LogP contribution in [0.25, 0.3) is 6.08 Å². The highest BCUT2D eigenvalue weighted by atomic mass is 28.4. The van der Waals surface area contributed by atoms with Crippen LogP contribution in [0.5, 0.6) is 0 Å². The van der Waals surface area contributed by atoms with Crippen LogP contribution >= 0.6 is 0 Å². The molecule has 0 spiro atoms. The largest absolute Gasteiger partial charge is 0.480 e. The third kappa shape index (κ3) is 11.0. The first-order valence-corrected chi connectivity index (χ1v) is 24.2. The highest BCUT2D eigenvalue weighted by molar-refractivity contribution is 6.74. The Morgan fingerprint density at radius 3 is 1.90 bits per heavy atom. The van der Waals surface area contributed by atoms with Gasteiger partial charge in [-0.15, -0.1) is 0 Å². The van der Waals surface area contributed by atoms with E-state index >= 15 is 0 Å². The zero-order valence-electron chi connectivity index (χ0n) is 33.7. The normalized spacial score (nSPS) is 17.6. The minimum Gasteiger partial charge on any atom is -0.480 e. The van der Waals surface area contributed by atoms with Gasteiger partial charge in [-0.2, -0.15) is 15.8 Å². The van der Waals surface area contributed by atoms with Crippen LogP contribution in [0.2, 0.25) is 36.3 Å². The number of ether oxygens (including phenoxy) is 1. The Bertz CT molecular complexity index is 1710. The van der Waals surface area contributed by atoms with Crippen LogP contribution in [-0.4, -0.2) is 48.5 Å². The highest BCUT2D eigenvalue weighted by Crippen LogP contribution is 2.40. The van der Waals surface area contributed by atoms with Gasteiger partial charge in [0.05, 0.1) is 13.2 Å². The number of anilines is 1. The Morgan fingerprint density at radius 2 is 1.40 bits per heavy atom. The van der Waals surface area contributed by atoms with Crippen molar-refractivity contribution in [2.45, 2.75) is 117 Å². The lowest BCUT2D eigenvalue weighted by atomic mass is 9.93. The van der Waals surface area contributed by atoms with Crippen LogP contribution in [0.15, 0.2) is 88.3 Å². The van der Waals surface area contributed by atoms with E-state index in [1.807, 2.05) is 38.1 Å². The Kier molecular flexibility index (Phi) is 14.1. The number of nitriles is 3. The molecule has 0 atom stereocenters. The quantitative estimate of drug-likeness (QED) is 0.147. The number of benzene rings is 1. The molecule has 278 valence electrons. The summed E-state index contributed by atoms with van der Waals surface area (Å²) in [5, 5.41) is 28.8. The van der Waals surface area contributed by atoms with Gasteiger partial charge < -0.3 is 18.5 Å². The lowest BCUT2D eigenvalue weighted by Crippen LogP contribution is -2.44. The number of hydrogen-bond acceptors (Lipinski definition) is 7. The van der Waals surface area contributed by atoms with Crippen LogP contribution in [0.1, 0.15) is 80.2 Å². The average Bonchev–Trinajstić information content (AvgIpc) is 3.31. The van der Waals surface area contributed by atoms with Gasteiger partial charge in [-0.1, -0.05) is 90.1 Å². The van der Waals surface area contributed by atoms with Crippen molar-refractivity contribution in [1.29, 1.82) is 15.8 Å². The van der Waals surface area contributed by atoms with Crippen molar-refractivity contribution in [3.8, 4) is 18.2 Å². The molecule has 2 aliphatic rings.